The Hall–Kier alpha value is -5.52. The van der Waals surface area contributed by atoms with Crippen molar-refractivity contribution in [1.29, 1.82) is 0 Å². The van der Waals surface area contributed by atoms with Crippen molar-refractivity contribution in [3.05, 3.63) is 95.7 Å². The van der Waals surface area contributed by atoms with Gasteiger partial charge in [0.1, 0.15) is 18.2 Å². The smallest absolute Gasteiger partial charge is 0.408 e. The molecule has 12 heteroatoms. The van der Waals surface area contributed by atoms with Gasteiger partial charge in [0.2, 0.25) is 17.7 Å². The Kier molecular flexibility index (Phi) is 10.6. The molecule has 1 aromatic heterocycles. The minimum absolute atomic E-state index is 0.0811. The quantitative estimate of drug-likeness (QED) is 0.145. The number of fused-ring (bicyclic) bond motifs is 1. The number of nitrogens with one attached hydrogen (secondary N) is 4. The van der Waals surface area contributed by atoms with Crippen molar-refractivity contribution in [2.24, 2.45) is 5.73 Å². The molecule has 0 fully saturated rings. The number of rotatable bonds is 14. The highest BCUT2D eigenvalue weighted by Crippen LogP contribution is 2.31. The number of hydrogen-bond donors (Lipinski definition) is 5. The summed E-state index contributed by atoms with van der Waals surface area (Å²) in [5.74, 6) is -1.09. The van der Waals surface area contributed by atoms with E-state index in [9.17, 15) is 19.2 Å². The van der Waals surface area contributed by atoms with Gasteiger partial charge in [-0.05, 0) is 30.2 Å². The number of H-pyrrole nitrogens is 1. The Bertz CT molecular complexity index is 1660. The molecule has 0 aliphatic carbocycles. The maximum atomic E-state index is 13.9. The van der Waals surface area contributed by atoms with E-state index >= 15 is 0 Å². The van der Waals surface area contributed by atoms with E-state index in [2.05, 4.69) is 20.9 Å². The van der Waals surface area contributed by atoms with Crippen LogP contribution in [0, 0.1) is 0 Å². The molecule has 0 bridgehead atoms. The van der Waals surface area contributed by atoms with Crippen LogP contribution in [0.3, 0.4) is 0 Å². The van der Waals surface area contributed by atoms with E-state index in [0.29, 0.717) is 17.1 Å². The summed E-state index contributed by atoms with van der Waals surface area (Å²) in [6.07, 6.45) is 1.09. The number of ether oxygens (including phenoxy) is 3. The number of hydrogen-bond acceptors (Lipinski definition) is 7. The van der Waals surface area contributed by atoms with Crippen LogP contribution in [-0.4, -0.2) is 61.1 Å². The normalized spacial score (nSPS) is 12.8. The van der Waals surface area contributed by atoms with Gasteiger partial charge in [0.25, 0.3) is 0 Å². The van der Waals surface area contributed by atoms with Crippen LogP contribution >= 0.6 is 0 Å². The number of alkyl carbamates (subject to hydrolysis) is 1. The molecule has 1 unspecified atom stereocenters. The first kappa shape index (κ1) is 32.4. The number of primary amides is 1. The Morgan fingerprint density at radius 3 is 2.36 bits per heavy atom. The fourth-order valence-corrected chi connectivity index (χ4v) is 5.03. The first-order valence-electron chi connectivity index (χ1n) is 14.2. The summed E-state index contributed by atoms with van der Waals surface area (Å²) in [4.78, 5) is 55.0. The summed E-state index contributed by atoms with van der Waals surface area (Å²) in [7, 11) is 2.98. The Balaban J connectivity index is 1.59. The lowest BCUT2D eigenvalue weighted by Gasteiger charge is -2.31. The van der Waals surface area contributed by atoms with E-state index in [1.54, 1.807) is 31.3 Å². The number of aromatic amines is 1. The molecule has 0 saturated carbocycles. The minimum atomic E-state index is -1.51. The molecule has 4 aromatic rings. The summed E-state index contributed by atoms with van der Waals surface area (Å²) >= 11 is 0. The fraction of sp³-hybridized carbons (Fsp3) is 0.273. The van der Waals surface area contributed by atoms with Crippen molar-refractivity contribution < 1.29 is 33.4 Å². The topological polar surface area (TPSA) is 174 Å². The van der Waals surface area contributed by atoms with Gasteiger partial charge < -0.3 is 40.9 Å². The highest BCUT2D eigenvalue weighted by atomic mass is 16.6. The van der Waals surface area contributed by atoms with Gasteiger partial charge in [0.15, 0.2) is 11.5 Å². The largest absolute Gasteiger partial charge is 0.493 e. The lowest BCUT2D eigenvalue weighted by Crippen LogP contribution is -2.62. The molecule has 6 N–H and O–H groups in total. The van der Waals surface area contributed by atoms with Gasteiger partial charge in [-0.1, -0.05) is 60.7 Å². The summed E-state index contributed by atoms with van der Waals surface area (Å²) in [5.41, 5.74) is 6.69. The summed E-state index contributed by atoms with van der Waals surface area (Å²) in [5, 5.41) is 8.85. The van der Waals surface area contributed by atoms with E-state index in [0.717, 1.165) is 22.0 Å². The molecule has 4 rings (SSSR count). The van der Waals surface area contributed by atoms with E-state index in [1.807, 2.05) is 54.6 Å². The van der Waals surface area contributed by atoms with Crippen LogP contribution in [0.25, 0.3) is 10.9 Å². The predicted molar refractivity (Wildman–Crippen MR) is 168 cm³/mol. The molecule has 0 saturated heterocycles. The minimum Gasteiger partial charge on any atom is -0.493 e. The Morgan fingerprint density at radius 1 is 0.911 bits per heavy atom. The molecule has 3 aromatic carbocycles. The first-order chi connectivity index (χ1) is 21.6. The SMILES string of the molecule is COc1cccc(COC(=O)N[C@@H](Cc2c[nH]c3ccccc23)C(=O)NC(C)(Cc2ccccc2)C(=O)NCC(N)=O)c1OC. The summed E-state index contributed by atoms with van der Waals surface area (Å²) in [6.45, 7) is 0.982. The molecule has 2 atom stereocenters. The zero-order valence-corrected chi connectivity index (χ0v) is 25.3. The highest BCUT2D eigenvalue weighted by Gasteiger charge is 2.38. The maximum absolute atomic E-state index is 13.9. The molecule has 45 heavy (non-hydrogen) atoms. The summed E-state index contributed by atoms with van der Waals surface area (Å²) in [6, 6.07) is 20.7. The molecular weight excluding hydrogens is 578 g/mol. The number of amides is 4. The van der Waals surface area contributed by atoms with Crippen molar-refractivity contribution in [3.8, 4) is 11.5 Å². The van der Waals surface area contributed by atoms with Crippen molar-refractivity contribution in [3.63, 3.8) is 0 Å². The Morgan fingerprint density at radius 2 is 1.64 bits per heavy atom. The first-order valence-corrected chi connectivity index (χ1v) is 14.2. The molecule has 236 valence electrons. The third-order valence-electron chi connectivity index (χ3n) is 7.27. The van der Waals surface area contributed by atoms with Crippen molar-refractivity contribution in [2.75, 3.05) is 20.8 Å². The molecule has 4 amide bonds. The van der Waals surface area contributed by atoms with Crippen LogP contribution < -0.4 is 31.2 Å². The second-order valence-corrected chi connectivity index (χ2v) is 10.6. The Labute approximate surface area is 260 Å². The van der Waals surface area contributed by atoms with Crippen LogP contribution in [0.2, 0.25) is 0 Å². The van der Waals surface area contributed by atoms with Gasteiger partial charge in [-0.15, -0.1) is 0 Å². The third-order valence-corrected chi connectivity index (χ3v) is 7.27. The fourth-order valence-electron chi connectivity index (χ4n) is 5.03. The zero-order chi connectivity index (χ0) is 32.4. The van der Waals surface area contributed by atoms with Crippen LogP contribution in [0.4, 0.5) is 4.79 Å². The van der Waals surface area contributed by atoms with Gasteiger partial charge in [-0.25, -0.2) is 4.79 Å². The number of carbonyl (C=O) groups excluding carboxylic acids is 4. The van der Waals surface area contributed by atoms with Gasteiger partial charge in [0.05, 0.1) is 20.8 Å². The standard InChI is InChI=1S/C33H37N5O7/c1-33(31(41)36-19-28(34)39,17-21-10-5-4-6-11-21)38-30(40)26(16-23-18-35-25-14-8-7-13-24(23)25)37-32(42)45-20-22-12-9-15-27(43-2)29(22)44-3/h4-15,18,26,35H,16-17,19-20H2,1-3H3,(H2,34,39)(H,36,41)(H,37,42)(H,38,40)/t26-,33?/m0/s1. The third kappa shape index (κ3) is 8.31. The maximum Gasteiger partial charge on any atom is 0.408 e. The summed E-state index contributed by atoms with van der Waals surface area (Å²) < 4.78 is 16.2. The highest BCUT2D eigenvalue weighted by molar-refractivity contribution is 5.96. The molecule has 0 spiro atoms. The average Bonchev–Trinajstić information content (AvgIpc) is 3.44. The van der Waals surface area contributed by atoms with E-state index < -0.39 is 41.9 Å². The number of nitrogens with two attached hydrogens (primary N) is 1. The van der Waals surface area contributed by atoms with Crippen LogP contribution in [0.1, 0.15) is 23.6 Å². The van der Waals surface area contributed by atoms with E-state index in [4.69, 9.17) is 19.9 Å². The van der Waals surface area contributed by atoms with E-state index in [-0.39, 0.29) is 19.4 Å². The second-order valence-electron chi connectivity index (χ2n) is 10.6. The monoisotopic (exact) mass is 615 g/mol. The number of methoxy groups -OCH3 is 2. The van der Waals surface area contributed by atoms with Crippen LogP contribution in [0.15, 0.2) is 79.0 Å². The van der Waals surface area contributed by atoms with Crippen LogP contribution in [-0.2, 0) is 38.6 Å². The number of carbonyl (C=O) groups is 4. The molecule has 0 aliphatic heterocycles. The van der Waals surface area contributed by atoms with Crippen molar-refractivity contribution in [1.82, 2.24) is 20.9 Å². The lowest BCUT2D eigenvalue weighted by molar-refractivity contribution is -0.134. The van der Waals surface area contributed by atoms with E-state index in [1.165, 1.54) is 14.2 Å². The number of para-hydroxylation sites is 2. The predicted octanol–water partition coefficient (Wildman–Crippen LogP) is 2.74. The molecule has 0 radical (unpaired) electrons. The van der Waals surface area contributed by atoms with Crippen LogP contribution in [0.5, 0.6) is 11.5 Å². The average molecular weight is 616 g/mol. The van der Waals surface area contributed by atoms with Gasteiger partial charge >= 0.3 is 6.09 Å². The zero-order valence-electron chi connectivity index (χ0n) is 25.3. The number of benzene rings is 3. The molecular formula is C33H37N5O7. The van der Waals surface area contributed by atoms with Crippen molar-refractivity contribution >= 4 is 34.7 Å². The van der Waals surface area contributed by atoms with Crippen molar-refractivity contribution in [2.45, 2.75) is 38.0 Å². The van der Waals surface area contributed by atoms with Gasteiger partial charge in [-0.2, -0.15) is 0 Å². The van der Waals surface area contributed by atoms with Gasteiger partial charge in [-0.3, -0.25) is 14.4 Å². The molecule has 12 nitrogen and oxygen atoms in total. The number of aromatic nitrogens is 1. The molecule has 0 aliphatic rings. The lowest BCUT2D eigenvalue weighted by atomic mass is 9.90. The van der Waals surface area contributed by atoms with Gasteiger partial charge in [0, 0.05) is 35.5 Å². The second kappa shape index (κ2) is 14.8. The molecule has 1 heterocycles.